The van der Waals surface area contributed by atoms with Crippen molar-refractivity contribution < 1.29 is 14.3 Å². The van der Waals surface area contributed by atoms with E-state index >= 15 is 0 Å². The zero-order valence-electron chi connectivity index (χ0n) is 12.5. The summed E-state index contributed by atoms with van der Waals surface area (Å²) < 4.78 is 5.39. The molecule has 2 amide bonds. The molecular formula is C14H20N4O3. The lowest BCUT2D eigenvalue weighted by Gasteiger charge is -2.38. The van der Waals surface area contributed by atoms with Crippen LogP contribution in [0.2, 0.25) is 0 Å². The van der Waals surface area contributed by atoms with Crippen molar-refractivity contribution in [1.82, 2.24) is 14.9 Å². The third kappa shape index (κ3) is 3.18. The van der Waals surface area contributed by atoms with E-state index in [2.05, 4.69) is 9.97 Å². The lowest BCUT2D eigenvalue weighted by molar-refractivity contribution is -0.150. The standard InChI is InChI=1S/C14H20N4O3/c1-9(2)11-16-6-10(7-17-11)12(19)18-4-5-21-14(3,8-18)13(15)20/h6-7,9H,4-5,8H2,1-3H3,(H2,15,20). The maximum absolute atomic E-state index is 12.4. The Kier molecular flexibility index (Phi) is 4.22. The zero-order valence-corrected chi connectivity index (χ0v) is 12.5. The summed E-state index contributed by atoms with van der Waals surface area (Å²) in [5.41, 5.74) is 4.58. The molecule has 0 spiro atoms. The first kappa shape index (κ1) is 15.4. The molecule has 21 heavy (non-hydrogen) atoms. The molecule has 1 aliphatic rings. The highest BCUT2D eigenvalue weighted by atomic mass is 16.5. The van der Waals surface area contributed by atoms with E-state index in [0.29, 0.717) is 17.9 Å². The highest BCUT2D eigenvalue weighted by molar-refractivity contribution is 5.94. The lowest BCUT2D eigenvalue weighted by Crippen LogP contribution is -2.58. The Morgan fingerprint density at radius 1 is 1.38 bits per heavy atom. The van der Waals surface area contributed by atoms with Crippen molar-refractivity contribution in [2.24, 2.45) is 5.73 Å². The third-order valence-electron chi connectivity index (χ3n) is 3.52. The first-order chi connectivity index (χ1) is 9.83. The molecule has 1 aromatic rings. The first-order valence-electron chi connectivity index (χ1n) is 6.88. The highest BCUT2D eigenvalue weighted by Crippen LogP contribution is 2.19. The number of ether oxygens (including phenoxy) is 1. The highest BCUT2D eigenvalue weighted by Gasteiger charge is 2.39. The Morgan fingerprint density at radius 3 is 2.52 bits per heavy atom. The molecule has 1 saturated heterocycles. The van der Waals surface area contributed by atoms with Crippen molar-refractivity contribution in [3.8, 4) is 0 Å². The van der Waals surface area contributed by atoms with Crippen molar-refractivity contribution in [3.63, 3.8) is 0 Å². The molecular weight excluding hydrogens is 272 g/mol. The molecule has 0 radical (unpaired) electrons. The van der Waals surface area contributed by atoms with Crippen LogP contribution >= 0.6 is 0 Å². The molecule has 7 nitrogen and oxygen atoms in total. The average Bonchev–Trinajstić information content (AvgIpc) is 2.46. The van der Waals surface area contributed by atoms with Crippen LogP contribution in [0.3, 0.4) is 0 Å². The smallest absolute Gasteiger partial charge is 0.257 e. The Morgan fingerprint density at radius 2 is 2.00 bits per heavy atom. The monoisotopic (exact) mass is 292 g/mol. The van der Waals surface area contributed by atoms with Gasteiger partial charge in [-0.1, -0.05) is 13.8 Å². The fraction of sp³-hybridized carbons (Fsp3) is 0.571. The summed E-state index contributed by atoms with van der Waals surface area (Å²) in [6, 6.07) is 0. The fourth-order valence-electron chi connectivity index (χ4n) is 2.12. The van der Waals surface area contributed by atoms with E-state index in [9.17, 15) is 9.59 Å². The van der Waals surface area contributed by atoms with Crippen LogP contribution in [0.1, 0.15) is 42.9 Å². The van der Waals surface area contributed by atoms with Crippen LogP contribution in [0.5, 0.6) is 0 Å². The molecule has 0 aromatic carbocycles. The minimum Gasteiger partial charge on any atom is -0.367 e. The van der Waals surface area contributed by atoms with Crippen molar-refractivity contribution in [2.75, 3.05) is 19.7 Å². The van der Waals surface area contributed by atoms with Crippen molar-refractivity contribution in [2.45, 2.75) is 32.3 Å². The number of nitrogens with zero attached hydrogens (tertiary/aromatic N) is 3. The van der Waals surface area contributed by atoms with E-state index in [4.69, 9.17) is 10.5 Å². The molecule has 0 aliphatic carbocycles. The molecule has 1 aliphatic heterocycles. The lowest BCUT2D eigenvalue weighted by atomic mass is 10.0. The summed E-state index contributed by atoms with van der Waals surface area (Å²) in [6.45, 7) is 6.37. The van der Waals surface area contributed by atoms with Crippen LogP contribution in [0.15, 0.2) is 12.4 Å². The molecule has 7 heteroatoms. The van der Waals surface area contributed by atoms with Gasteiger partial charge in [-0.05, 0) is 6.92 Å². The maximum Gasteiger partial charge on any atom is 0.257 e. The normalized spacial score (nSPS) is 22.4. The van der Waals surface area contributed by atoms with Gasteiger partial charge in [-0.2, -0.15) is 0 Å². The Bertz CT molecular complexity index is 544. The number of carbonyl (C=O) groups excluding carboxylic acids is 2. The van der Waals surface area contributed by atoms with Crippen molar-refractivity contribution in [1.29, 1.82) is 0 Å². The van der Waals surface area contributed by atoms with Crippen LogP contribution in [0.4, 0.5) is 0 Å². The van der Waals surface area contributed by atoms with Gasteiger partial charge in [0.15, 0.2) is 5.60 Å². The maximum atomic E-state index is 12.4. The minimum absolute atomic E-state index is 0.132. The molecule has 1 aromatic heterocycles. The fourth-order valence-corrected chi connectivity index (χ4v) is 2.12. The molecule has 1 fully saturated rings. The molecule has 1 atom stereocenters. The molecule has 2 N–H and O–H groups in total. The second kappa shape index (κ2) is 5.77. The molecule has 0 saturated carbocycles. The number of primary amides is 1. The van der Waals surface area contributed by atoms with Crippen molar-refractivity contribution in [3.05, 3.63) is 23.8 Å². The summed E-state index contributed by atoms with van der Waals surface area (Å²) in [6.07, 6.45) is 3.03. The second-order valence-corrected chi connectivity index (χ2v) is 5.65. The van der Waals surface area contributed by atoms with Crippen molar-refractivity contribution >= 4 is 11.8 Å². The van der Waals surface area contributed by atoms with Gasteiger partial charge in [-0.3, -0.25) is 9.59 Å². The quantitative estimate of drug-likeness (QED) is 0.865. The number of aromatic nitrogens is 2. The summed E-state index contributed by atoms with van der Waals surface area (Å²) in [7, 11) is 0. The van der Waals surface area contributed by atoms with Gasteiger partial charge in [0.05, 0.1) is 18.7 Å². The van der Waals surface area contributed by atoms with E-state index in [-0.39, 0.29) is 25.0 Å². The van der Waals surface area contributed by atoms with Gasteiger partial charge in [0, 0.05) is 24.9 Å². The summed E-state index contributed by atoms with van der Waals surface area (Å²) >= 11 is 0. The van der Waals surface area contributed by atoms with Crippen LogP contribution in [0, 0.1) is 0 Å². The molecule has 114 valence electrons. The Labute approximate surface area is 123 Å². The third-order valence-corrected chi connectivity index (χ3v) is 3.52. The Hall–Kier alpha value is -2.02. The van der Waals surface area contributed by atoms with Gasteiger partial charge < -0.3 is 15.4 Å². The van der Waals surface area contributed by atoms with Gasteiger partial charge in [0.1, 0.15) is 5.82 Å². The molecule has 2 heterocycles. The van der Waals surface area contributed by atoms with Gasteiger partial charge >= 0.3 is 0 Å². The number of hydrogen-bond donors (Lipinski definition) is 1. The number of rotatable bonds is 3. The number of nitrogens with two attached hydrogens (primary N) is 1. The molecule has 0 bridgehead atoms. The van der Waals surface area contributed by atoms with E-state index in [1.54, 1.807) is 11.8 Å². The zero-order chi connectivity index (χ0) is 15.6. The number of carbonyl (C=O) groups is 2. The largest absolute Gasteiger partial charge is 0.367 e. The summed E-state index contributed by atoms with van der Waals surface area (Å²) in [4.78, 5) is 33.8. The van der Waals surface area contributed by atoms with Crippen LogP contribution < -0.4 is 5.73 Å². The second-order valence-electron chi connectivity index (χ2n) is 5.65. The van der Waals surface area contributed by atoms with Crippen LogP contribution in [0.25, 0.3) is 0 Å². The van der Waals surface area contributed by atoms with E-state index < -0.39 is 11.5 Å². The van der Waals surface area contributed by atoms with Gasteiger partial charge in [-0.25, -0.2) is 9.97 Å². The first-order valence-corrected chi connectivity index (χ1v) is 6.88. The van der Waals surface area contributed by atoms with E-state index in [0.717, 1.165) is 0 Å². The predicted molar refractivity (Wildman–Crippen MR) is 75.6 cm³/mol. The van der Waals surface area contributed by atoms with Gasteiger partial charge in [-0.15, -0.1) is 0 Å². The summed E-state index contributed by atoms with van der Waals surface area (Å²) in [5, 5.41) is 0. The van der Waals surface area contributed by atoms with Crippen LogP contribution in [-0.4, -0.2) is 52.0 Å². The summed E-state index contributed by atoms with van der Waals surface area (Å²) in [5.74, 6) is 0.0960. The number of morpholine rings is 1. The average molecular weight is 292 g/mol. The van der Waals surface area contributed by atoms with E-state index in [1.807, 2.05) is 13.8 Å². The van der Waals surface area contributed by atoms with E-state index in [1.165, 1.54) is 12.4 Å². The molecule has 2 rings (SSSR count). The van der Waals surface area contributed by atoms with Crippen LogP contribution in [-0.2, 0) is 9.53 Å². The van der Waals surface area contributed by atoms with Gasteiger partial charge in [0.25, 0.3) is 11.8 Å². The SMILES string of the molecule is CC(C)c1ncc(C(=O)N2CCOC(C)(C(N)=O)C2)cn1. The van der Waals surface area contributed by atoms with Gasteiger partial charge in [0.2, 0.25) is 0 Å². The Balaban J connectivity index is 2.14. The topological polar surface area (TPSA) is 98.4 Å². The predicted octanol–water partition coefficient (Wildman–Crippen LogP) is 0.316. The number of amides is 2. The molecule has 1 unspecified atom stereocenters. The number of hydrogen-bond acceptors (Lipinski definition) is 5. The minimum atomic E-state index is -1.15.